The Morgan fingerprint density at radius 3 is 2.54 bits per heavy atom. The Balaban J connectivity index is 2.38. The lowest BCUT2D eigenvalue weighted by Gasteiger charge is -2.27. The van der Waals surface area contributed by atoms with Crippen molar-refractivity contribution in [2.75, 3.05) is 0 Å². The standard InChI is InChI=1S/C8H12Br2O3/c9-7(10)8(12)13-6-4-2-1-3-5(6)11/h5-7,11H,1-4H2/t5-,6+/m0/s1. The first kappa shape index (κ1) is 11.5. The van der Waals surface area contributed by atoms with Gasteiger partial charge in [-0.05, 0) is 19.3 Å². The van der Waals surface area contributed by atoms with Crippen LogP contribution in [0.1, 0.15) is 25.7 Å². The zero-order valence-corrected chi connectivity index (χ0v) is 10.3. The molecule has 1 aliphatic rings. The van der Waals surface area contributed by atoms with Crippen LogP contribution in [0.5, 0.6) is 0 Å². The van der Waals surface area contributed by atoms with Gasteiger partial charge in [-0.1, -0.05) is 38.3 Å². The number of hydrogen-bond donors (Lipinski definition) is 1. The molecule has 3 nitrogen and oxygen atoms in total. The Kier molecular flexibility index (Phi) is 4.69. The molecule has 0 unspecified atom stereocenters. The maximum atomic E-state index is 11.1. The summed E-state index contributed by atoms with van der Waals surface area (Å²) in [6.07, 6.45) is 2.72. The Morgan fingerprint density at radius 2 is 2.00 bits per heavy atom. The molecule has 0 radical (unpaired) electrons. The lowest BCUT2D eigenvalue weighted by molar-refractivity contribution is -0.154. The van der Waals surface area contributed by atoms with Crippen molar-refractivity contribution >= 4 is 37.8 Å². The normalized spacial score (nSPS) is 28.9. The minimum absolute atomic E-state index is 0.321. The van der Waals surface area contributed by atoms with E-state index in [-0.39, 0.29) is 12.1 Å². The molecule has 76 valence electrons. The van der Waals surface area contributed by atoms with Crippen molar-refractivity contribution in [1.29, 1.82) is 0 Å². The summed E-state index contributed by atoms with van der Waals surface area (Å²) in [5.41, 5.74) is 0. The van der Waals surface area contributed by atoms with Crippen molar-refractivity contribution in [2.24, 2.45) is 0 Å². The fourth-order valence-corrected chi connectivity index (χ4v) is 1.63. The Bertz CT molecular complexity index is 184. The van der Waals surface area contributed by atoms with Gasteiger partial charge in [0.25, 0.3) is 0 Å². The summed E-state index contributed by atoms with van der Waals surface area (Å²) in [4.78, 5) is 11.1. The molecule has 13 heavy (non-hydrogen) atoms. The number of carbonyl (C=O) groups excluding carboxylic acids is 1. The third-order valence-corrected chi connectivity index (χ3v) is 2.86. The number of aliphatic hydroxyl groups is 1. The Hall–Kier alpha value is 0.390. The number of ether oxygens (including phenoxy) is 1. The number of aliphatic hydroxyl groups excluding tert-OH is 1. The summed E-state index contributed by atoms with van der Waals surface area (Å²) in [7, 11) is 0. The second-order valence-electron chi connectivity index (χ2n) is 3.13. The number of hydrogen-bond acceptors (Lipinski definition) is 3. The third kappa shape index (κ3) is 3.56. The maximum absolute atomic E-state index is 11.1. The van der Waals surface area contributed by atoms with Crippen LogP contribution in [0.4, 0.5) is 0 Å². The van der Waals surface area contributed by atoms with E-state index >= 15 is 0 Å². The highest BCUT2D eigenvalue weighted by Crippen LogP contribution is 2.22. The highest BCUT2D eigenvalue weighted by atomic mass is 79.9. The number of esters is 1. The van der Waals surface area contributed by atoms with Crippen molar-refractivity contribution in [2.45, 2.75) is 41.6 Å². The van der Waals surface area contributed by atoms with Gasteiger partial charge in [-0.3, -0.25) is 0 Å². The van der Waals surface area contributed by atoms with E-state index in [0.717, 1.165) is 25.7 Å². The number of rotatable bonds is 2. The predicted molar refractivity (Wildman–Crippen MR) is 56.0 cm³/mol. The fourth-order valence-electron chi connectivity index (χ4n) is 1.42. The summed E-state index contributed by atoms with van der Waals surface area (Å²) < 4.78 is 4.60. The minimum Gasteiger partial charge on any atom is -0.458 e. The smallest absolute Gasteiger partial charge is 0.331 e. The van der Waals surface area contributed by atoms with Gasteiger partial charge >= 0.3 is 5.97 Å². The zero-order chi connectivity index (χ0) is 9.84. The molecule has 0 spiro atoms. The summed E-state index contributed by atoms with van der Waals surface area (Å²) in [5, 5.41) is 9.49. The quantitative estimate of drug-likeness (QED) is 0.626. The second kappa shape index (κ2) is 5.32. The molecule has 0 saturated heterocycles. The van der Waals surface area contributed by atoms with Crippen LogP contribution in [0.15, 0.2) is 0 Å². The molecule has 1 fully saturated rings. The van der Waals surface area contributed by atoms with Crippen LogP contribution in [0.2, 0.25) is 0 Å². The molecule has 0 amide bonds. The molecule has 1 rings (SSSR count). The van der Waals surface area contributed by atoms with E-state index in [4.69, 9.17) is 4.74 Å². The van der Waals surface area contributed by atoms with Crippen molar-refractivity contribution in [3.05, 3.63) is 0 Å². The molecule has 0 aromatic carbocycles. The average Bonchev–Trinajstić information content (AvgIpc) is 2.08. The van der Waals surface area contributed by atoms with Crippen LogP contribution in [0.25, 0.3) is 0 Å². The average molecular weight is 316 g/mol. The SMILES string of the molecule is O=C(O[C@@H]1CCCC[C@@H]1O)C(Br)Br. The van der Waals surface area contributed by atoms with E-state index in [1.54, 1.807) is 0 Å². The number of halogens is 2. The van der Waals surface area contributed by atoms with E-state index in [9.17, 15) is 9.90 Å². The molecule has 1 N–H and O–H groups in total. The van der Waals surface area contributed by atoms with E-state index in [1.165, 1.54) is 0 Å². The third-order valence-electron chi connectivity index (χ3n) is 2.11. The van der Waals surface area contributed by atoms with E-state index < -0.39 is 9.84 Å². The lowest BCUT2D eigenvalue weighted by Crippen LogP contribution is -2.35. The van der Waals surface area contributed by atoms with E-state index in [2.05, 4.69) is 31.9 Å². The van der Waals surface area contributed by atoms with Gasteiger partial charge in [-0.2, -0.15) is 0 Å². The van der Waals surface area contributed by atoms with Crippen LogP contribution in [-0.2, 0) is 9.53 Å². The molecule has 5 heteroatoms. The van der Waals surface area contributed by atoms with E-state index in [0.29, 0.717) is 0 Å². The van der Waals surface area contributed by atoms with Crippen molar-refractivity contribution in [3.8, 4) is 0 Å². The molecule has 0 bridgehead atoms. The van der Waals surface area contributed by atoms with Gasteiger partial charge in [-0.15, -0.1) is 0 Å². The zero-order valence-electron chi connectivity index (χ0n) is 7.08. The summed E-state index contributed by atoms with van der Waals surface area (Å²) in [6.45, 7) is 0. The van der Waals surface area contributed by atoms with Gasteiger partial charge in [-0.25, -0.2) is 4.79 Å². The summed E-state index contributed by atoms with van der Waals surface area (Å²) in [5.74, 6) is -0.369. The van der Waals surface area contributed by atoms with Crippen LogP contribution >= 0.6 is 31.9 Å². The largest absolute Gasteiger partial charge is 0.458 e. The molecule has 1 aliphatic carbocycles. The topological polar surface area (TPSA) is 46.5 Å². The molecule has 0 aliphatic heterocycles. The number of alkyl halides is 2. The Labute approximate surface area is 94.1 Å². The molecule has 2 atom stereocenters. The van der Waals surface area contributed by atoms with Crippen molar-refractivity contribution < 1.29 is 14.6 Å². The van der Waals surface area contributed by atoms with Gasteiger partial charge in [0.15, 0.2) is 3.74 Å². The molecular weight excluding hydrogens is 304 g/mol. The number of carbonyl (C=O) groups is 1. The van der Waals surface area contributed by atoms with Crippen LogP contribution in [0.3, 0.4) is 0 Å². The first-order valence-corrected chi connectivity index (χ1v) is 6.11. The van der Waals surface area contributed by atoms with Crippen molar-refractivity contribution in [3.63, 3.8) is 0 Å². The lowest BCUT2D eigenvalue weighted by atomic mass is 9.95. The molecule has 1 saturated carbocycles. The predicted octanol–water partition coefficient (Wildman–Crippen LogP) is 1.95. The fraction of sp³-hybridized carbons (Fsp3) is 0.875. The van der Waals surface area contributed by atoms with Gasteiger partial charge in [0.2, 0.25) is 0 Å². The highest BCUT2D eigenvalue weighted by Gasteiger charge is 2.27. The molecule has 0 aromatic rings. The van der Waals surface area contributed by atoms with Gasteiger partial charge in [0, 0.05) is 0 Å². The monoisotopic (exact) mass is 314 g/mol. The van der Waals surface area contributed by atoms with Gasteiger partial charge in [0.1, 0.15) is 6.10 Å². The highest BCUT2D eigenvalue weighted by molar-refractivity contribution is 9.25. The summed E-state index contributed by atoms with van der Waals surface area (Å²) in [6, 6.07) is 0. The van der Waals surface area contributed by atoms with E-state index in [1.807, 2.05) is 0 Å². The van der Waals surface area contributed by atoms with Gasteiger partial charge < -0.3 is 9.84 Å². The first-order chi connectivity index (χ1) is 6.11. The van der Waals surface area contributed by atoms with Crippen molar-refractivity contribution in [1.82, 2.24) is 0 Å². The maximum Gasteiger partial charge on any atom is 0.331 e. The molecule has 0 aromatic heterocycles. The molecule has 0 heterocycles. The first-order valence-electron chi connectivity index (χ1n) is 4.28. The molecular formula is C8H12Br2O3. The second-order valence-corrected chi connectivity index (χ2v) is 6.19. The summed E-state index contributed by atoms with van der Waals surface area (Å²) >= 11 is 6.09. The van der Waals surface area contributed by atoms with Crippen LogP contribution in [0, 0.1) is 0 Å². The van der Waals surface area contributed by atoms with Crippen LogP contribution in [-0.4, -0.2) is 27.0 Å². The minimum atomic E-state index is -0.489. The van der Waals surface area contributed by atoms with Gasteiger partial charge in [0.05, 0.1) is 6.10 Å². The Morgan fingerprint density at radius 1 is 1.38 bits per heavy atom. The van der Waals surface area contributed by atoms with Crippen LogP contribution < -0.4 is 0 Å².